The van der Waals surface area contributed by atoms with E-state index in [1.165, 1.54) is 32.1 Å². The van der Waals surface area contributed by atoms with Crippen molar-refractivity contribution in [2.45, 2.75) is 90.9 Å². The number of rotatable bonds is 14. The molecule has 2 aromatic rings. The van der Waals surface area contributed by atoms with Crippen molar-refractivity contribution in [1.82, 2.24) is 0 Å². The number of ether oxygens (including phenoxy) is 2. The first-order valence-corrected chi connectivity index (χ1v) is 12.6. The van der Waals surface area contributed by atoms with Crippen molar-refractivity contribution in [3.63, 3.8) is 0 Å². The highest BCUT2D eigenvalue weighted by Crippen LogP contribution is 2.40. The van der Waals surface area contributed by atoms with Gasteiger partial charge in [0, 0.05) is 0 Å². The quantitative estimate of drug-likeness (QED) is 0.272. The monoisotopic (exact) mass is 444 g/mol. The average molecular weight is 445 g/mol. The Labute approximate surface area is 192 Å². The second-order valence-corrected chi connectivity index (χ2v) is 8.83. The third-order valence-electron chi connectivity index (χ3n) is 6.34. The van der Waals surface area contributed by atoms with E-state index >= 15 is 8.78 Å². The molecule has 0 aliphatic heterocycles. The Balaban J connectivity index is 1.61. The zero-order chi connectivity index (χ0) is 22.8. The summed E-state index contributed by atoms with van der Waals surface area (Å²) in [6, 6.07) is 7.11. The van der Waals surface area contributed by atoms with E-state index in [9.17, 15) is 0 Å². The van der Waals surface area contributed by atoms with Crippen molar-refractivity contribution in [2.24, 2.45) is 0 Å². The molecule has 32 heavy (non-hydrogen) atoms. The highest BCUT2D eigenvalue weighted by atomic mass is 19.1. The predicted octanol–water partition coefficient (Wildman–Crippen LogP) is 8.43. The molecular formula is C28H38F2O2. The molecule has 0 N–H and O–H groups in total. The molecule has 0 aromatic heterocycles. The lowest BCUT2D eigenvalue weighted by Crippen LogP contribution is -2.11. The fourth-order valence-electron chi connectivity index (χ4n) is 4.44. The Morgan fingerprint density at radius 2 is 1.00 bits per heavy atom. The Hall–Kier alpha value is -2.10. The minimum Gasteiger partial charge on any atom is -0.491 e. The molecule has 0 fully saturated rings. The van der Waals surface area contributed by atoms with Gasteiger partial charge in [-0.25, -0.2) is 8.78 Å². The van der Waals surface area contributed by atoms with Crippen LogP contribution in [-0.4, -0.2) is 13.2 Å². The van der Waals surface area contributed by atoms with E-state index in [-0.39, 0.29) is 11.6 Å². The van der Waals surface area contributed by atoms with Gasteiger partial charge in [0.25, 0.3) is 0 Å². The molecule has 0 heterocycles. The van der Waals surface area contributed by atoms with E-state index in [0.717, 1.165) is 43.2 Å². The van der Waals surface area contributed by atoms with Gasteiger partial charge < -0.3 is 9.47 Å². The molecule has 0 bridgehead atoms. The second kappa shape index (κ2) is 12.8. The van der Waals surface area contributed by atoms with E-state index in [0.29, 0.717) is 48.7 Å². The van der Waals surface area contributed by atoms with E-state index in [2.05, 4.69) is 13.8 Å². The molecule has 176 valence electrons. The van der Waals surface area contributed by atoms with E-state index in [1.54, 1.807) is 12.1 Å². The summed E-state index contributed by atoms with van der Waals surface area (Å²) in [7, 11) is 0. The topological polar surface area (TPSA) is 18.5 Å². The molecule has 1 aliphatic rings. The molecule has 2 nitrogen and oxygen atoms in total. The molecule has 3 rings (SSSR count). The summed E-state index contributed by atoms with van der Waals surface area (Å²) in [5.74, 6) is 0.0219. The van der Waals surface area contributed by atoms with E-state index in [4.69, 9.17) is 9.47 Å². The minimum atomic E-state index is -0.302. The van der Waals surface area contributed by atoms with Gasteiger partial charge in [0.15, 0.2) is 23.1 Å². The predicted molar refractivity (Wildman–Crippen MR) is 128 cm³/mol. The maximum absolute atomic E-state index is 15.1. The van der Waals surface area contributed by atoms with Crippen molar-refractivity contribution >= 4 is 0 Å². The first kappa shape index (κ1) is 24.5. The first-order valence-electron chi connectivity index (χ1n) is 12.6. The van der Waals surface area contributed by atoms with Crippen LogP contribution in [0.25, 0.3) is 11.1 Å². The summed E-state index contributed by atoms with van der Waals surface area (Å²) >= 11 is 0. The standard InChI is InChI=1S/C28H38F2O2/c1-3-5-7-8-9-10-12-20-32-26-18-16-22-21-15-17-25(31-19-11-6-4-2)27(29)23(21)13-14-24(22)28(26)30/h15-18H,3-14,19-20H2,1-2H3. The van der Waals surface area contributed by atoms with Crippen molar-refractivity contribution in [3.05, 3.63) is 47.0 Å². The fourth-order valence-corrected chi connectivity index (χ4v) is 4.44. The van der Waals surface area contributed by atoms with E-state index in [1.807, 2.05) is 12.1 Å². The lowest BCUT2D eigenvalue weighted by atomic mass is 9.84. The number of fused-ring (bicyclic) bond motifs is 3. The van der Waals surface area contributed by atoms with Crippen LogP contribution in [0.3, 0.4) is 0 Å². The van der Waals surface area contributed by atoms with Crippen LogP contribution >= 0.6 is 0 Å². The third-order valence-corrected chi connectivity index (χ3v) is 6.34. The highest BCUT2D eigenvalue weighted by Gasteiger charge is 2.25. The second-order valence-electron chi connectivity index (χ2n) is 8.83. The van der Waals surface area contributed by atoms with Gasteiger partial charge in [-0.15, -0.1) is 0 Å². The molecule has 4 heteroatoms. The van der Waals surface area contributed by atoms with Crippen LogP contribution < -0.4 is 9.47 Å². The van der Waals surface area contributed by atoms with Crippen LogP contribution in [0, 0.1) is 11.6 Å². The first-order chi connectivity index (χ1) is 15.7. The summed E-state index contributed by atoms with van der Waals surface area (Å²) < 4.78 is 41.6. The molecule has 2 aromatic carbocycles. The summed E-state index contributed by atoms with van der Waals surface area (Å²) in [6.07, 6.45) is 12.4. The van der Waals surface area contributed by atoms with Gasteiger partial charge in [-0.05, 0) is 60.1 Å². The molecule has 0 amide bonds. The van der Waals surface area contributed by atoms with E-state index < -0.39 is 0 Å². The average Bonchev–Trinajstić information content (AvgIpc) is 2.81. The molecular weight excluding hydrogens is 406 g/mol. The number of halogens is 2. The maximum atomic E-state index is 15.1. The summed E-state index contributed by atoms with van der Waals surface area (Å²) in [5, 5.41) is 0. The fraction of sp³-hybridized carbons (Fsp3) is 0.571. The number of hydrogen-bond acceptors (Lipinski definition) is 2. The summed E-state index contributed by atoms with van der Waals surface area (Å²) in [6.45, 7) is 5.40. The molecule has 0 unspecified atom stereocenters. The highest BCUT2D eigenvalue weighted by molar-refractivity contribution is 5.75. The number of benzene rings is 2. The van der Waals surface area contributed by atoms with Gasteiger partial charge in [0.1, 0.15) is 0 Å². The molecule has 0 saturated carbocycles. The van der Waals surface area contributed by atoms with Crippen molar-refractivity contribution < 1.29 is 18.3 Å². The van der Waals surface area contributed by atoms with Gasteiger partial charge in [-0.2, -0.15) is 0 Å². The number of hydrogen-bond donors (Lipinski definition) is 0. The van der Waals surface area contributed by atoms with Gasteiger partial charge >= 0.3 is 0 Å². The molecule has 0 radical (unpaired) electrons. The third kappa shape index (κ3) is 6.24. The van der Waals surface area contributed by atoms with Crippen LogP contribution in [0.5, 0.6) is 11.5 Å². The summed E-state index contributed by atoms with van der Waals surface area (Å²) in [5.41, 5.74) is 2.79. The van der Waals surface area contributed by atoms with Crippen molar-refractivity contribution in [2.75, 3.05) is 13.2 Å². The molecule has 0 saturated heterocycles. The SMILES string of the molecule is CCCCCCCCCOc1ccc2c(c1F)CCc1c-2ccc(OCCCCC)c1F. The normalized spacial score (nSPS) is 12.4. The van der Waals surface area contributed by atoms with Crippen molar-refractivity contribution in [3.8, 4) is 22.6 Å². The lowest BCUT2D eigenvalue weighted by molar-refractivity contribution is 0.288. The number of unbranched alkanes of at least 4 members (excludes halogenated alkanes) is 8. The minimum absolute atomic E-state index is 0.295. The van der Waals surface area contributed by atoms with Crippen molar-refractivity contribution in [1.29, 1.82) is 0 Å². The lowest BCUT2D eigenvalue weighted by Gasteiger charge is -2.23. The smallest absolute Gasteiger partial charge is 0.168 e. The Morgan fingerprint density at radius 3 is 1.50 bits per heavy atom. The maximum Gasteiger partial charge on any atom is 0.168 e. The molecule has 1 aliphatic carbocycles. The van der Waals surface area contributed by atoms with Crippen LogP contribution in [0.15, 0.2) is 24.3 Å². The zero-order valence-electron chi connectivity index (χ0n) is 19.8. The largest absolute Gasteiger partial charge is 0.491 e. The Morgan fingerprint density at radius 1 is 0.594 bits per heavy atom. The Bertz CT molecular complexity index is 863. The van der Waals surface area contributed by atoms with Crippen LogP contribution in [-0.2, 0) is 12.8 Å². The summed E-state index contributed by atoms with van der Waals surface area (Å²) in [4.78, 5) is 0. The van der Waals surface area contributed by atoms with Crippen LogP contribution in [0.2, 0.25) is 0 Å². The van der Waals surface area contributed by atoms with Crippen LogP contribution in [0.1, 0.15) is 89.2 Å². The van der Waals surface area contributed by atoms with Gasteiger partial charge in [0.05, 0.1) is 13.2 Å². The Kier molecular flexibility index (Phi) is 9.83. The van der Waals surface area contributed by atoms with Gasteiger partial charge in [-0.1, -0.05) is 77.3 Å². The molecule has 0 spiro atoms. The zero-order valence-corrected chi connectivity index (χ0v) is 19.8. The molecule has 0 atom stereocenters. The van der Waals surface area contributed by atoms with Crippen LogP contribution in [0.4, 0.5) is 8.78 Å². The van der Waals surface area contributed by atoms with Gasteiger partial charge in [-0.3, -0.25) is 0 Å². The van der Waals surface area contributed by atoms with Gasteiger partial charge in [0.2, 0.25) is 0 Å².